The van der Waals surface area contributed by atoms with E-state index in [0.717, 1.165) is 0 Å². The van der Waals surface area contributed by atoms with Crippen LogP contribution in [0.25, 0.3) is 6.08 Å². The Labute approximate surface area is 238 Å². The summed E-state index contributed by atoms with van der Waals surface area (Å²) in [7, 11) is 0. The first kappa shape index (κ1) is 26.5. The summed E-state index contributed by atoms with van der Waals surface area (Å²) in [5.41, 5.74) is 2.15. The minimum atomic E-state index is -0.783. The highest BCUT2D eigenvalue weighted by Gasteiger charge is 2.34. The Balaban J connectivity index is 1.45. The highest BCUT2D eigenvalue weighted by Crippen LogP contribution is 2.38. The number of hydrogen-bond acceptors (Lipinski definition) is 8. The Kier molecular flexibility index (Phi) is 7.15. The molecule has 0 bridgehead atoms. The number of para-hydroxylation sites is 1. The second-order valence-electron chi connectivity index (χ2n) is 9.33. The van der Waals surface area contributed by atoms with Gasteiger partial charge in [0.15, 0.2) is 16.3 Å². The summed E-state index contributed by atoms with van der Waals surface area (Å²) >= 11 is 1.21. The number of nitrogens with zero attached hydrogens (tertiary/aromatic N) is 2. The topological polar surface area (TPSA) is 88.4 Å². The number of carbonyl (C=O) groups is 1. The number of allylic oxidation sites excluding steroid dienone is 1. The van der Waals surface area contributed by atoms with Crippen LogP contribution in [0.2, 0.25) is 0 Å². The molecule has 3 heterocycles. The fourth-order valence-electron chi connectivity index (χ4n) is 4.83. The fraction of sp³-hybridized carbons (Fsp3) is 0.194. The predicted octanol–water partition coefficient (Wildman–Crippen LogP) is 4.25. The minimum absolute atomic E-state index is 0.0327. The first-order valence-electron chi connectivity index (χ1n) is 13.0. The third kappa shape index (κ3) is 5.02. The number of fused-ring (bicyclic) bond motifs is 2. The van der Waals surface area contributed by atoms with E-state index in [-0.39, 0.29) is 37.0 Å². The second-order valence-corrected chi connectivity index (χ2v) is 10.3. The van der Waals surface area contributed by atoms with Crippen molar-refractivity contribution < 1.29 is 28.1 Å². The Bertz CT molecular complexity index is 1880. The molecule has 0 N–H and O–H groups in total. The molecule has 0 unspecified atom stereocenters. The largest absolute Gasteiger partial charge is 0.488 e. The van der Waals surface area contributed by atoms with Gasteiger partial charge in [-0.1, -0.05) is 53.8 Å². The summed E-state index contributed by atoms with van der Waals surface area (Å²) in [5, 5.41) is 0. The van der Waals surface area contributed by atoms with Crippen LogP contribution >= 0.6 is 11.3 Å². The van der Waals surface area contributed by atoms with Gasteiger partial charge < -0.3 is 18.9 Å². The molecule has 0 spiro atoms. The molecule has 0 saturated heterocycles. The molecule has 41 heavy (non-hydrogen) atoms. The van der Waals surface area contributed by atoms with Crippen LogP contribution in [-0.2, 0) is 16.1 Å². The van der Waals surface area contributed by atoms with Crippen LogP contribution in [0.4, 0.5) is 4.39 Å². The van der Waals surface area contributed by atoms with Crippen molar-refractivity contribution in [2.45, 2.75) is 26.5 Å². The molecular weight excluding hydrogens is 547 g/mol. The van der Waals surface area contributed by atoms with Gasteiger partial charge in [0.05, 0.1) is 28.5 Å². The average Bonchev–Trinajstić information content (AvgIpc) is 3.56. The summed E-state index contributed by atoms with van der Waals surface area (Å²) in [6.45, 7) is 3.77. The lowest BCUT2D eigenvalue weighted by atomic mass is 9.95. The predicted molar refractivity (Wildman–Crippen MR) is 150 cm³/mol. The number of thiazole rings is 1. The standard InChI is InChI=1S/C31H25FN2O6S/c1-3-37-30(36)27-18(2)33-31-34(28(27)20-12-13-24-25(14-20)40-17-39-24)29(35)26(41-31)15-19-8-5-7-11-23(19)38-16-21-9-4-6-10-22(21)32/h4-15,28H,3,16-17H2,1-2H3/b26-15+/t28-/m0/s1. The molecule has 10 heteroatoms. The van der Waals surface area contributed by atoms with Crippen LogP contribution in [0, 0.1) is 5.82 Å². The van der Waals surface area contributed by atoms with Gasteiger partial charge in [0.25, 0.3) is 5.56 Å². The molecule has 2 aliphatic rings. The Morgan fingerprint density at radius 2 is 1.90 bits per heavy atom. The van der Waals surface area contributed by atoms with E-state index in [1.165, 1.54) is 22.0 Å². The van der Waals surface area contributed by atoms with E-state index < -0.39 is 12.0 Å². The number of halogens is 1. The van der Waals surface area contributed by atoms with Gasteiger partial charge in [-0.25, -0.2) is 14.2 Å². The van der Waals surface area contributed by atoms with Crippen LogP contribution in [0.5, 0.6) is 17.2 Å². The van der Waals surface area contributed by atoms with Gasteiger partial charge in [-0.3, -0.25) is 9.36 Å². The van der Waals surface area contributed by atoms with Crippen LogP contribution in [0.1, 0.15) is 36.6 Å². The van der Waals surface area contributed by atoms with Crippen molar-refractivity contribution in [2.24, 2.45) is 4.99 Å². The van der Waals surface area contributed by atoms with E-state index >= 15 is 0 Å². The maximum absolute atomic E-state index is 14.1. The van der Waals surface area contributed by atoms with Gasteiger partial charge >= 0.3 is 5.97 Å². The highest BCUT2D eigenvalue weighted by atomic mass is 32.1. The van der Waals surface area contributed by atoms with Gasteiger partial charge in [0.2, 0.25) is 6.79 Å². The maximum Gasteiger partial charge on any atom is 0.338 e. The minimum Gasteiger partial charge on any atom is -0.488 e. The second kappa shape index (κ2) is 11.1. The molecule has 0 amide bonds. The van der Waals surface area contributed by atoms with Crippen molar-refractivity contribution in [1.29, 1.82) is 0 Å². The number of rotatable bonds is 7. The number of carbonyl (C=O) groups excluding carboxylic acids is 1. The molecule has 4 aromatic rings. The van der Waals surface area contributed by atoms with Gasteiger partial charge in [-0.05, 0) is 49.8 Å². The van der Waals surface area contributed by atoms with E-state index in [1.807, 2.05) is 18.2 Å². The molecule has 8 nitrogen and oxygen atoms in total. The van der Waals surface area contributed by atoms with Crippen molar-refractivity contribution >= 4 is 23.4 Å². The molecule has 3 aromatic carbocycles. The number of aromatic nitrogens is 1. The van der Waals surface area contributed by atoms with Crippen molar-refractivity contribution in [3.63, 3.8) is 0 Å². The van der Waals surface area contributed by atoms with Crippen LogP contribution in [-0.4, -0.2) is 23.9 Å². The van der Waals surface area contributed by atoms with Crippen LogP contribution in [0.3, 0.4) is 0 Å². The van der Waals surface area contributed by atoms with Crippen molar-refractivity contribution in [1.82, 2.24) is 4.57 Å². The smallest absolute Gasteiger partial charge is 0.338 e. The van der Waals surface area contributed by atoms with E-state index in [1.54, 1.807) is 62.4 Å². The molecule has 1 aromatic heterocycles. The normalized spacial score (nSPS) is 15.9. The molecule has 0 saturated carbocycles. The third-order valence-corrected chi connectivity index (χ3v) is 7.76. The van der Waals surface area contributed by atoms with Gasteiger partial charge in [0, 0.05) is 11.1 Å². The molecule has 0 fully saturated rings. The molecule has 0 radical (unpaired) electrons. The van der Waals surface area contributed by atoms with Crippen molar-refractivity contribution in [2.75, 3.05) is 13.4 Å². The number of hydrogen-bond donors (Lipinski definition) is 0. The first-order chi connectivity index (χ1) is 19.9. The van der Waals surface area contributed by atoms with Crippen LogP contribution < -0.4 is 29.1 Å². The van der Waals surface area contributed by atoms with E-state index in [9.17, 15) is 14.0 Å². The summed E-state index contributed by atoms with van der Waals surface area (Å²) in [5.74, 6) is 0.722. The fourth-order valence-corrected chi connectivity index (χ4v) is 5.87. The lowest BCUT2D eigenvalue weighted by Gasteiger charge is -2.24. The molecule has 6 rings (SSSR count). The molecule has 0 aliphatic carbocycles. The Morgan fingerprint density at radius 3 is 2.73 bits per heavy atom. The summed E-state index contributed by atoms with van der Waals surface area (Å²) < 4.78 is 38.4. The zero-order chi connectivity index (χ0) is 28.5. The Morgan fingerprint density at radius 1 is 1.12 bits per heavy atom. The van der Waals surface area contributed by atoms with Crippen molar-refractivity contribution in [3.8, 4) is 17.2 Å². The average molecular weight is 573 g/mol. The van der Waals surface area contributed by atoms with E-state index in [2.05, 4.69) is 4.99 Å². The third-order valence-electron chi connectivity index (χ3n) is 6.78. The molecule has 2 aliphatic heterocycles. The monoisotopic (exact) mass is 572 g/mol. The number of esters is 1. The number of benzene rings is 3. The zero-order valence-corrected chi connectivity index (χ0v) is 23.1. The van der Waals surface area contributed by atoms with Crippen LogP contribution in [0.15, 0.2) is 87.8 Å². The maximum atomic E-state index is 14.1. The summed E-state index contributed by atoms with van der Waals surface area (Å²) in [4.78, 5) is 32.2. The van der Waals surface area contributed by atoms with Gasteiger partial charge in [-0.15, -0.1) is 0 Å². The van der Waals surface area contributed by atoms with E-state index in [4.69, 9.17) is 18.9 Å². The lowest BCUT2D eigenvalue weighted by molar-refractivity contribution is -0.139. The SMILES string of the molecule is CCOC(=O)C1=C(C)N=c2s/c(=C/c3ccccc3OCc3ccccc3F)c(=O)n2[C@H]1c1ccc2c(c1)OCO2. The Hall–Kier alpha value is -4.70. The molecular formula is C31H25FN2O6S. The molecule has 1 atom stereocenters. The van der Waals surface area contributed by atoms with Gasteiger partial charge in [0.1, 0.15) is 18.2 Å². The zero-order valence-electron chi connectivity index (χ0n) is 22.3. The highest BCUT2D eigenvalue weighted by molar-refractivity contribution is 7.07. The lowest BCUT2D eigenvalue weighted by Crippen LogP contribution is -2.39. The van der Waals surface area contributed by atoms with Gasteiger partial charge in [-0.2, -0.15) is 0 Å². The summed E-state index contributed by atoms with van der Waals surface area (Å²) in [6, 6.07) is 18.2. The van der Waals surface area contributed by atoms with E-state index in [0.29, 0.717) is 49.0 Å². The summed E-state index contributed by atoms with van der Waals surface area (Å²) in [6.07, 6.45) is 1.72. The number of ether oxygens (including phenoxy) is 4. The first-order valence-corrected chi connectivity index (χ1v) is 13.8. The molecule has 208 valence electrons. The quantitative estimate of drug-likeness (QED) is 0.308. The van der Waals surface area contributed by atoms with Crippen molar-refractivity contribution in [3.05, 3.63) is 120 Å².